The third kappa shape index (κ3) is 4.25. The first-order chi connectivity index (χ1) is 17.0. The minimum absolute atomic E-state index is 0.0172. The van der Waals surface area contributed by atoms with E-state index in [0.717, 1.165) is 62.2 Å². The Kier molecular flexibility index (Phi) is 5.65. The summed E-state index contributed by atoms with van der Waals surface area (Å²) in [5, 5.41) is 13.3. The van der Waals surface area contributed by atoms with E-state index in [-0.39, 0.29) is 11.8 Å². The summed E-state index contributed by atoms with van der Waals surface area (Å²) in [7, 11) is 0. The highest BCUT2D eigenvalue weighted by molar-refractivity contribution is 5.95. The summed E-state index contributed by atoms with van der Waals surface area (Å²) < 4.78 is 5.74. The number of amides is 1. The maximum atomic E-state index is 13.3. The van der Waals surface area contributed by atoms with Crippen LogP contribution in [0.2, 0.25) is 0 Å². The molecule has 2 aromatic carbocycles. The molecule has 1 unspecified atom stereocenters. The molecule has 1 aromatic heterocycles. The molecule has 180 valence electrons. The van der Waals surface area contributed by atoms with Crippen LogP contribution >= 0.6 is 0 Å². The van der Waals surface area contributed by atoms with Crippen LogP contribution in [0.3, 0.4) is 0 Å². The van der Waals surface area contributed by atoms with E-state index in [1.165, 1.54) is 16.7 Å². The lowest BCUT2D eigenvalue weighted by Crippen LogP contribution is -2.49. The summed E-state index contributed by atoms with van der Waals surface area (Å²) in [6.07, 6.45) is 3.58. The van der Waals surface area contributed by atoms with Crippen molar-refractivity contribution < 1.29 is 19.2 Å². The van der Waals surface area contributed by atoms with Crippen molar-refractivity contribution in [3.05, 3.63) is 76.5 Å². The van der Waals surface area contributed by atoms with E-state index in [1.807, 2.05) is 11.0 Å². The van der Waals surface area contributed by atoms with Gasteiger partial charge in [0.2, 0.25) is 0 Å². The Balaban J connectivity index is 1.13. The number of aliphatic carboxylic acids is 1. The number of aromatic nitrogens is 1. The van der Waals surface area contributed by atoms with Gasteiger partial charge in [-0.1, -0.05) is 53.7 Å². The second kappa shape index (κ2) is 8.96. The fourth-order valence-corrected chi connectivity index (χ4v) is 5.75. The van der Waals surface area contributed by atoms with Crippen LogP contribution < -0.4 is 0 Å². The average Bonchev–Trinajstić information content (AvgIpc) is 3.48. The quantitative estimate of drug-likeness (QED) is 0.591. The molecule has 1 atom stereocenters. The van der Waals surface area contributed by atoms with E-state index < -0.39 is 5.97 Å². The number of aryl methyl sites for hydroxylation is 1. The first-order valence-electron chi connectivity index (χ1n) is 12.4. The number of hydrogen-bond acceptors (Lipinski definition) is 5. The number of benzene rings is 2. The third-order valence-electron chi connectivity index (χ3n) is 7.70. The van der Waals surface area contributed by atoms with E-state index in [4.69, 9.17) is 9.63 Å². The van der Waals surface area contributed by atoms with Crippen molar-refractivity contribution in [3.8, 4) is 11.3 Å². The highest BCUT2D eigenvalue weighted by atomic mass is 16.5. The molecule has 3 aromatic rings. The van der Waals surface area contributed by atoms with Crippen molar-refractivity contribution in [2.24, 2.45) is 11.8 Å². The van der Waals surface area contributed by atoms with Crippen molar-refractivity contribution in [1.29, 1.82) is 0 Å². The molecule has 7 nitrogen and oxygen atoms in total. The lowest BCUT2D eigenvalue weighted by atomic mass is 9.88. The third-order valence-corrected chi connectivity index (χ3v) is 7.70. The summed E-state index contributed by atoms with van der Waals surface area (Å²) in [6, 6.07) is 16.8. The number of carbonyl (C=O) groups is 2. The Labute approximate surface area is 204 Å². The van der Waals surface area contributed by atoms with Gasteiger partial charge in [-0.2, -0.15) is 0 Å². The van der Waals surface area contributed by atoms with Crippen molar-refractivity contribution >= 4 is 11.9 Å². The van der Waals surface area contributed by atoms with Crippen LogP contribution in [-0.4, -0.2) is 58.1 Å². The van der Waals surface area contributed by atoms with Gasteiger partial charge >= 0.3 is 5.97 Å². The number of carbonyl (C=O) groups excluding carboxylic acids is 1. The Morgan fingerprint density at radius 1 is 1.03 bits per heavy atom. The van der Waals surface area contributed by atoms with E-state index in [2.05, 4.69) is 52.5 Å². The Bertz CT molecular complexity index is 1260. The summed E-state index contributed by atoms with van der Waals surface area (Å²) in [6.45, 7) is 3.48. The smallest absolute Gasteiger partial charge is 0.309 e. The molecule has 2 aliphatic heterocycles. The Hall–Kier alpha value is -3.45. The molecular formula is C28H29N3O4. The summed E-state index contributed by atoms with van der Waals surface area (Å²) >= 11 is 0. The van der Waals surface area contributed by atoms with Gasteiger partial charge in [-0.05, 0) is 48.3 Å². The molecular weight excluding hydrogens is 442 g/mol. The second-order valence-electron chi connectivity index (χ2n) is 10.2. The number of hydrogen-bond donors (Lipinski definition) is 1. The van der Waals surface area contributed by atoms with Gasteiger partial charge in [-0.15, -0.1) is 0 Å². The zero-order valence-electron chi connectivity index (χ0n) is 19.7. The maximum absolute atomic E-state index is 13.3. The molecule has 35 heavy (non-hydrogen) atoms. The summed E-state index contributed by atoms with van der Waals surface area (Å²) in [4.78, 5) is 28.5. The van der Waals surface area contributed by atoms with Crippen LogP contribution in [0.25, 0.3) is 11.3 Å². The van der Waals surface area contributed by atoms with Crippen molar-refractivity contribution in [3.63, 3.8) is 0 Å². The molecule has 2 fully saturated rings. The van der Waals surface area contributed by atoms with Crippen LogP contribution in [0.15, 0.2) is 53.1 Å². The lowest BCUT2D eigenvalue weighted by Gasteiger charge is -2.36. The Morgan fingerprint density at radius 3 is 2.66 bits per heavy atom. The zero-order valence-corrected chi connectivity index (χ0v) is 19.7. The van der Waals surface area contributed by atoms with Crippen LogP contribution in [0, 0.1) is 11.8 Å². The molecule has 0 radical (unpaired) electrons. The molecule has 0 bridgehead atoms. The normalized spacial score (nSPS) is 19.8. The molecule has 6 rings (SSSR count). The van der Waals surface area contributed by atoms with Gasteiger partial charge in [-0.3, -0.25) is 14.5 Å². The van der Waals surface area contributed by atoms with E-state index >= 15 is 0 Å². The number of likely N-dealkylation sites (tertiary alicyclic amines) is 2. The van der Waals surface area contributed by atoms with Crippen molar-refractivity contribution in [2.75, 3.05) is 26.2 Å². The fraction of sp³-hybridized carbons (Fsp3) is 0.393. The fourth-order valence-electron chi connectivity index (χ4n) is 5.75. The zero-order chi connectivity index (χ0) is 23.9. The van der Waals surface area contributed by atoms with Gasteiger partial charge in [-0.25, -0.2) is 0 Å². The first kappa shape index (κ1) is 22.0. The molecule has 1 aliphatic carbocycles. The molecule has 3 aliphatic rings. The number of carboxylic acid groups (broad SMARTS) is 1. The van der Waals surface area contributed by atoms with Gasteiger partial charge in [0.15, 0.2) is 11.5 Å². The molecule has 2 saturated heterocycles. The van der Waals surface area contributed by atoms with Gasteiger partial charge in [0, 0.05) is 43.9 Å². The molecule has 7 heteroatoms. The van der Waals surface area contributed by atoms with Crippen molar-refractivity contribution in [1.82, 2.24) is 15.0 Å². The molecule has 1 amide bonds. The largest absolute Gasteiger partial charge is 0.481 e. The number of carboxylic acids is 1. The van der Waals surface area contributed by atoms with E-state index in [9.17, 15) is 9.59 Å². The first-order valence-corrected chi connectivity index (χ1v) is 12.4. The van der Waals surface area contributed by atoms with Gasteiger partial charge < -0.3 is 14.5 Å². The summed E-state index contributed by atoms with van der Waals surface area (Å²) in [5.74, 6) is 0.216. The lowest BCUT2D eigenvalue weighted by molar-refractivity contribution is -0.147. The molecule has 0 spiro atoms. The Morgan fingerprint density at radius 2 is 1.86 bits per heavy atom. The minimum atomic E-state index is -0.712. The standard InChI is InChI=1S/C28H29N3O4/c32-27(31-11-10-20(15-31)12-18-4-2-1-3-5-18)25-24-9-7-21-13-19(6-8-23(21)26(24)35-29-25)14-30-16-22(17-30)28(33)34/h1-6,8,13,20,22H,7,9-12,14-17H2,(H,33,34). The number of rotatable bonds is 6. The highest BCUT2D eigenvalue weighted by Crippen LogP contribution is 2.37. The van der Waals surface area contributed by atoms with Crippen LogP contribution in [0.1, 0.15) is 39.2 Å². The van der Waals surface area contributed by atoms with Crippen LogP contribution in [-0.2, 0) is 30.6 Å². The predicted octanol–water partition coefficient (Wildman–Crippen LogP) is 3.66. The number of nitrogens with zero attached hydrogens (tertiary/aromatic N) is 3. The monoisotopic (exact) mass is 471 g/mol. The predicted molar refractivity (Wildman–Crippen MR) is 130 cm³/mol. The highest BCUT2D eigenvalue weighted by Gasteiger charge is 2.34. The molecule has 3 heterocycles. The number of fused-ring (bicyclic) bond motifs is 3. The molecule has 0 saturated carbocycles. The van der Waals surface area contributed by atoms with E-state index in [1.54, 1.807) is 0 Å². The van der Waals surface area contributed by atoms with Crippen molar-refractivity contribution in [2.45, 2.75) is 32.2 Å². The van der Waals surface area contributed by atoms with Crippen LogP contribution in [0.4, 0.5) is 0 Å². The maximum Gasteiger partial charge on any atom is 0.309 e. The van der Waals surface area contributed by atoms with Gasteiger partial charge in [0.25, 0.3) is 5.91 Å². The van der Waals surface area contributed by atoms with E-state index in [0.29, 0.717) is 24.7 Å². The summed E-state index contributed by atoms with van der Waals surface area (Å²) in [5.41, 5.74) is 6.09. The van der Waals surface area contributed by atoms with Crippen LogP contribution in [0.5, 0.6) is 0 Å². The SMILES string of the molecule is O=C(O)C1CN(Cc2ccc3c(c2)CCc2c(C(=O)N4CCC(Cc5ccccc5)C4)noc2-3)C1. The average molecular weight is 472 g/mol. The minimum Gasteiger partial charge on any atom is -0.481 e. The second-order valence-corrected chi connectivity index (χ2v) is 10.2. The molecule has 1 N–H and O–H groups in total. The van der Waals surface area contributed by atoms with Gasteiger partial charge in [0.05, 0.1) is 5.92 Å². The van der Waals surface area contributed by atoms with Gasteiger partial charge in [0.1, 0.15) is 0 Å². The topological polar surface area (TPSA) is 86.9 Å².